The second-order valence-electron chi connectivity index (χ2n) is 3.42. The molecule has 0 spiro atoms. The second-order valence-corrected chi connectivity index (χ2v) is 4.27. The van der Waals surface area contributed by atoms with Gasteiger partial charge in [0, 0.05) is 22.4 Å². The van der Waals surface area contributed by atoms with Gasteiger partial charge in [-0.25, -0.2) is 0 Å². The summed E-state index contributed by atoms with van der Waals surface area (Å²) in [5, 5.41) is 10.2. The number of benzene rings is 1. The molecule has 0 fully saturated rings. The van der Waals surface area contributed by atoms with Gasteiger partial charge in [-0.15, -0.1) is 0 Å². The topological polar surface area (TPSA) is 55.2 Å². The van der Waals surface area contributed by atoms with Crippen LogP contribution in [0.5, 0.6) is 5.75 Å². The van der Waals surface area contributed by atoms with Crippen molar-refractivity contribution in [3.8, 4) is 5.75 Å². The summed E-state index contributed by atoms with van der Waals surface area (Å²) in [6.45, 7) is 0. The van der Waals surface area contributed by atoms with Gasteiger partial charge < -0.3 is 9.84 Å². The maximum atomic E-state index is 10.2. The van der Waals surface area contributed by atoms with Crippen LogP contribution in [-0.2, 0) is 0 Å². The minimum absolute atomic E-state index is 0.501. The summed E-state index contributed by atoms with van der Waals surface area (Å²) in [5.41, 5.74) is 1.20. The highest BCUT2D eigenvalue weighted by atomic mass is 79.9. The zero-order valence-corrected chi connectivity index (χ0v) is 10.8. The Balaban J connectivity index is 2.40. The average molecular weight is 295 g/mol. The summed E-state index contributed by atoms with van der Waals surface area (Å²) >= 11 is 3.39. The predicted molar refractivity (Wildman–Crippen MR) is 66.8 cm³/mol. The quantitative estimate of drug-likeness (QED) is 0.944. The van der Waals surface area contributed by atoms with Crippen molar-refractivity contribution in [2.24, 2.45) is 0 Å². The molecule has 4 nitrogen and oxygen atoms in total. The number of hydrogen-bond donors (Lipinski definition) is 1. The van der Waals surface area contributed by atoms with Crippen molar-refractivity contribution in [2.45, 2.75) is 6.10 Å². The lowest BCUT2D eigenvalue weighted by Crippen LogP contribution is -2.03. The van der Waals surface area contributed by atoms with Crippen LogP contribution in [0.25, 0.3) is 0 Å². The van der Waals surface area contributed by atoms with Crippen LogP contribution in [-0.4, -0.2) is 22.2 Å². The lowest BCUT2D eigenvalue weighted by Gasteiger charge is -2.13. The van der Waals surface area contributed by atoms with Crippen molar-refractivity contribution in [1.82, 2.24) is 9.97 Å². The minimum Gasteiger partial charge on any atom is -0.497 e. The van der Waals surface area contributed by atoms with Gasteiger partial charge in [-0.2, -0.15) is 0 Å². The molecule has 0 bridgehead atoms. The number of aliphatic hydroxyl groups excluding tert-OH is 1. The Hall–Kier alpha value is -1.46. The normalized spacial score (nSPS) is 12.2. The first-order valence-electron chi connectivity index (χ1n) is 5.00. The molecular weight excluding hydrogens is 284 g/mol. The highest BCUT2D eigenvalue weighted by Gasteiger charge is 2.15. The molecule has 0 amide bonds. The first-order valence-corrected chi connectivity index (χ1v) is 5.79. The summed E-state index contributed by atoms with van der Waals surface area (Å²) in [6.07, 6.45) is 3.83. The zero-order chi connectivity index (χ0) is 12.3. The lowest BCUT2D eigenvalue weighted by molar-refractivity contribution is 0.213. The molecule has 0 radical (unpaired) electrons. The number of rotatable bonds is 3. The molecular formula is C12H11BrN2O2. The standard InChI is InChI=1S/C12H11BrN2O2/c1-17-8-2-3-10(13)9(6-8)12(16)11-7-14-4-5-15-11/h2-7,12,16H,1H3. The predicted octanol–water partition coefficient (Wildman–Crippen LogP) is 2.33. The van der Waals surface area contributed by atoms with E-state index in [0.717, 1.165) is 4.47 Å². The summed E-state index contributed by atoms with van der Waals surface area (Å²) in [5.74, 6) is 0.686. The molecule has 1 heterocycles. The van der Waals surface area contributed by atoms with Gasteiger partial charge in [-0.3, -0.25) is 9.97 Å². The second kappa shape index (κ2) is 5.25. The van der Waals surface area contributed by atoms with Crippen LogP contribution in [0.3, 0.4) is 0 Å². The number of methoxy groups -OCH3 is 1. The van der Waals surface area contributed by atoms with Gasteiger partial charge in [0.25, 0.3) is 0 Å². The molecule has 0 aliphatic carbocycles. The van der Waals surface area contributed by atoms with E-state index >= 15 is 0 Å². The van der Waals surface area contributed by atoms with Crippen molar-refractivity contribution in [3.05, 3.63) is 52.5 Å². The molecule has 2 rings (SSSR count). The molecule has 1 unspecified atom stereocenters. The Morgan fingerprint density at radius 1 is 1.35 bits per heavy atom. The van der Waals surface area contributed by atoms with E-state index < -0.39 is 6.10 Å². The van der Waals surface area contributed by atoms with E-state index in [1.165, 1.54) is 6.20 Å². The molecule has 1 aromatic carbocycles. The van der Waals surface area contributed by atoms with Crippen LogP contribution < -0.4 is 4.74 Å². The maximum Gasteiger partial charge on any atom is 0.124 e. The Labute approximate surface area is 107 Å². The van der Waals surface area contributed by atoms with Crippen molar-refractivity contribution >= 4 is 15.9 Å². The fourth-order valence-corrected chi connectivity index (χ4v) is 1.93. The van der Waals surface area contributed by atoms with E-state index in [0.29, 0.717) is 17.0 Å². The maximum absolute atomic E-state index is 10.2. The Kier molecular flexibility index (Phi) is 3.71. The van der Waals surface area contributed by atoms with E-state index in [-0.39, 0.29) is 0 Å². The van der Waals surface area contributed by atoms with E-state index in [1.807, 2.05) is 12.1 Å². The summed E-state index contributed by atoms with van der Waals surface area (Å²) in [6, 6.07) is 5.41. The van der Waals surface area contributed by atoms with Gasteiger partial charge in [0.2, 0.25) is 0 Å². The zero-order valence-electron chi connectivity index (χ0n) is 9.17. The summed E-state index contributed by atoms with van der Waals surface area (Å²) < 4.78 is 5.93. The number of hydrogen-bond acceptors (Lipinski definition) is 4. The Morgan fingerprint density at radius 3 is 2.82 bits per heavy atom. The number of nitrogens with zero attached hydrogens (tertiary/aromatic N) is 2. The van der Waals surface area contributed by atoms with Gasteiger partial charge in [0.15, 0.2) is 0 Å². The first kappa shape index (κ1) is 12.0. The number of aromatic nitrogens is 2. The largest absolute Gasteiger partial charge is 0.497 e. The Morgan fingerprint density at radius 2 is 2.18 bits per heavy atom. The molecule has 88 valence electrons. The van der Waals surface area contributed by atoms with E-state index in [1.54, 1.807) is 25.6 Å². The average Bonchev–Trinajstić information content (AvgIpc) is 2.39. The molecule has 17 heavy (non-hydrogen) atoms. The summed E-state index contributed by atoms with van der Waals surface area (Å²) in [7, 11) is 1.59. The van der Waals surface area contributed by atoms with Crippen LogP contribution in [0.4, 0.5) is 0 Å². The third kappa shape index (κ3) is 2.62. The number of ether oxygens (including phenoxy) is 1. The van der Waals surface area contributed by atoms with Crippen LogP contribution in [0, 0.1) is 0 Å². The van der Waals surface area contributed by atoms with Crippen molar-refractivity contribution in [1.29, 1.82) is 0 Å². The molecule has 2 aromatic rings. The van der Waals surface area contributed by atoms with E-state index in [4.69, 9.17) is 4.74 Å². The summed E-state index contributed by atoms with van der Waals surface area (Å²) in [4.78, 5) is 8.01. The molecule has 0 saturated heterocycles. The van der Waals surface area contributed by atoms with E-state index in [9.17, 15) is 5.11 Å². The smallest absolute Gasteiger partial charge is 0.124 e. The molecule has 0 saturated carbocycles. The fourth-order valence-electron chi connectivity index (χ4n) is 1.47. The third-order valence-corrected chi connectivity index (χ3v) is 3.08. The SMILES string of the molecule is COc1ccc(Br)c(C(O)c2cnccn2)c1. The molecule has 1 aromatic heterocycles. The monoisotopic (exact) mass is 294 g/mol. The molecule has 0 aliphatic rings. The van der Waals surface area contributed by atoms with Gasteiger partial charge in [0.1, 0.15) is 11.9 Å². The van der Waals surface area contributed by atoms with E-state index in [2.05, 4.69) is 25.9 Å². The third-order valence-electron chi connectivity index (χ3n) is 2.36. The molecule has 5 heteroatoms. The van der Waals surface area contributed by atoms with Gasteiger partial charge in [-0.1, -0.05) is 15.9 Å². The highest BCUT2D eigenvalue weighted by molar-refractivity contribution is 9.10. The number of halogens is 1. The van der Waals surface area contributed by atoms with Crippen LogP contribution in [0.2, 0.25) is 0 Å². The highest BCUT2D eigenvalue weighted by Crippen LogP contribution is 2.30. The van der Waals surface area contributed by atoms with Gasteiger partial charge in [0.05, 0.1) is 19.0 Å². The Bertz CT molecular complexity index is 505. The van der Waals surface area contributed by atoms with Gasteiger partial charge >= 0.3 is 0 Å². The fraction of sp³-hybridized carbons (Fsp3) is 0.167. The van der Waals surface area contributed by atoms with Crippen molar-refractivity contribution in [2.75, 3.05) is 7.11 Å². The lowest BCUT2D eigenvalue weighted by atomic mass is 10.1. The van der Waals surface area contributed by atoms with Crippen molar-refractivity contribution < 1.29 is 9.84 Å². The first-order chi connectivity index (χ1) is 8.22. The molecule has 1 atom stereocenters. The molecule has 1 N–H and O–H groups in total. The van der Waals surface area contributed by atoms with Crippen LogP contribution in [0.15, 0.2) is 41.3 Å². The van der Waals surface area contributed by atoms with Crippen LogP contribution in [0.1, 0.15) is 17.4 Å². The van der Waals surface area contributed by atoms with Crippen molar-refractivity contribution in [3.63, 3.8) is 0 Å². The van der Waals surface area contributed by atoms with Crippen LogP contribution >= 0.6 is 15.9 Å². The van der Waals surface area contributed by atoms with Gasteiger partial charge in [-0.05, 0) is 18.2 Å². The minimum atomic E-state index is -0.826. The molecule has 0 aliphatic heterocycles. The number of aliphatic hydroxyl groups is 1.